The largest absolute Gasteiger partial charge is 0.447 e. The zero-order valence-corrected chi connectivity index (χ0v) is 18.4. The summed E-state index contributed by atoms with van der Waals surface area (Å²) < 4.78 is 11.0. The molecule has 144 valence electrons. The monoisotopic (exact) mass is 406 g/mol. The van der Waals surface area contributed by atoms with Crippen molar-refractivity contribution in [3.05, 3.63) is 24.3 Å². The quantitative estimate of drug-likeness (QED) is 0.260. The van der Waals surface area contributed by atoms with Crippen molar-refractivity contribution in [2.24, 2.45) is 0 Å². The number of thioether (sulfide) groups is 3. The predicted molar refractivity (Wildman–Crippen MR) is 112 cm³/mol. The standard InChI is InChI=1S/C18H30O4S3/c1-11(2)17(19)21-15(24-13(5)6)9-23-10-16(25-14(7)8)22-18(20)12(3)4/h13-16H,1,3,9-10H2,2,4-8H3. The Kier molecular flexibility index (Phi) is 12.5. The van der Waals surface area contributed by atoms with Crippen LogP contribution in [-0.2, 0) is 19.1 Å². The fourth-order valence-electron chi connectivity index (χ4n) is 1.51. The molecule has 0 aromatic carbocycles. The van der Waals surface area contributed by atoms with Crippen LogP contribution in [0, 0.1) is 0 Å². The summed E-state index contributed by atoms with van der Waals surface area (Å²) in [6.45, 7) is 18.7. The molecule has 0 aliphatic rings. The van der Waals surface area contributed by atoms with E-state index in [1.807, 2.05) is 0 Å². The minimum Gasteiger partial charge on any atom is -0.447 e. The van der Waals surface area contributed by atoms with Gasteiger partial charge < -0.3 is 9.47 Å². The molecule has 4 nitrogen and oxygen atoms in total. The highest BCUT2D eigenvalue weighted by atomic mass is 32.2. The van der Waals surface area contributed by atoms with Crippen LogP contribution in [0.2, 0.25) is 0 Å². The van der Waals surface area contributed by atoms with Gasteiger partial charge in [-0.3, -0.25) is 0 Å². The molecule has 0 spiro atoms. The third kappa shape index (κ3) is 12.5. The maximum atomic E-state index is 11.8. The van der Waals surface area contributed by atoms with E-state index >= 15 is 0 Å². The van der Waals surface area contributed by atoms with Gasteiger partial charge in [-0.25, -0.2) is 9.59 Å². The molecular formula is C18H30O4S3. The Balaban J connectivity index is 4.64. The molecule has 0 radical (unpaired) electrons. The van der Waals surface area contributed by atoms with E-state index in [9.17, 15) is 9.59 Å². The van der Waals surface area contributed by atoms with E-state index in [2.05, 4.69) is 40.9 Å². The Morgan fingerprint density at radius 2 is 1.12 bits per heavy atom. The molecule has 0 heterocycles. The molecule has 0 aliphatic carbocycles. The maximum absolute atomic E-state index is 11.8. The molecule has 25 heavy (non-hydrogen) atoms. The van der Waals surface area contributed by atoms with E-state index < -0.39 is 0 Å². The van der Waals surface area contributed by atoms with Gasteiger partial charge in [-0.05, 0) is 13.8 Å². The van der Waals surface area contributed by atoms with Gasteiger partial charge in [0.1, 0.15) is 0 Å². The Labute approximate surface area is 164 Å². The van der Waals surface area contributed by atoms with E-state index in [0.29, 0.717) is 33.2 Å². The molecule has 0 N–H and O–H groups in total. The zero-order valence-electron chi connectivity index (χ0n) is 16.0. The summed E-state index contributed by atoms with van der Waals surface area (Å²) in [6, 6.07) is 0. The highest BCUT2D eigenvalue weighted by Gasteiger charge is 2.21. The van der Waals surface area contributed by atoms with Gasteiger partial charge in [-0.1, -0.05) is 40.9 Å². The number of esters is 2. The lowest BCUT2D eigenvalue weighted by molar-refractivity contribution is -0.140. The molecule has 0 fully saturated rings. The SMILES string of the molecule is C=C(C)C(=O)OC(CSCC(OC(=O)C(=C)C)SC(C)C)SC(C)C. The second-order valence-electron chi connectivity index (χ2n) is 6.14. The van der Waals surface area contributed by atoms with Gasteiger partial charge in [0.15, 0.2) is 10.9 Å². The number of carbonyl (C=O) groups is 2. The first kappa shape index (κ1) is 24.5. The summed E-state index contributed by atoms with van der Waals surface area (Å²) in [4.78, 5) is 23.5. The van der Waals surface area contributed by atoms with Crippen LogP contribution in [0.25, 0.3) is 0 Å². The Morgan fingerprint density at radius 3 is 1.36 bits per heavy atom. The second kappa shape index (κ2) is 12.8. The number of ether oxygens (including phenoxy) is 2. The second-order valence-corrected chi connectivity index (χ2v) is 10.7. The van der Waals surface area contributed by atoms with Crippen molar-refractivity contribution in [2.75, 3.05) is 11.5 Å². The third-order valence-electron chi connectivity index (χ3n) is 2.53. The molecule has 0 aromatic heterocycles. The van der Waals surface area contributed by atoms with Crippen molar-refractivity contribution in [1.82, 2.24) is 0 Å². The lowest BCUT2D eigenvalue weighted by Crippen LogP contribution is -2.23. The first-order valence-corrected chi connectivity index (χ1v) is 11.2. The predicted octanol–water partition coefficient (Wildman–Crippen LogP) is 4.89. The molecule has 0 bridgehead atoms. The van der Waals surface area contributed by atoms with Gasteiger partial charge in [0.05, 0.1) is 0 Å². The van der Waals surface area contributed by atoms with Crippen LogP contribution in [0.3, 0.4) is 0 Å². The average molecular weight is 407 g/mol. The van der Waals surface area contributed by atoms with Crippen molar-refractivity contribution in [3.63, 3.8) is 0 Å². The summed E-state index contributed by atoms with van der Waals surface area (Å²) in [7, 11) is 0. The van der Waals surface area contributed by atoms with E-state index in [1.165, 1.54) is 0 Å². The van der Waals surface area contributed by atoms with Gasteiger partial charge in [0.2, 0.25) is 0 Å². The molecule has 0 saturated heterocycles. The fourth-order valence-corrected chi connectivity index (χ4v) is 4.87. The van der Waals surface area contributed by atoms with E-state index in [0.717, 1.165) is 0 Å². The molecule has 0 saturated carbocycles. The summed E-state index contributed by atoms with van der Waals surface area (Å²) >= 11 is 4.80. The van der Waals surface area contributed by atoms with Crippen LogP contribution in [-0.4, -0.2) is 44.8 Å². The van der Waals surface area contributed by atoms with E-state index in [-0.39, 0.29) is 22.8 Å². The van der Waals surface area contributed by atoms with Gasteiger partial charge in [0.25, 0.3) is 0 Å². The first-order valence-electron chi connectivity index (χ1n) is 8.14. The Bertz CT molecular complexity index is 433. The van der Waals surface area contributed by atoms with Crippen LogP contribution in [0.1, 0.15) is 41.5 Å². The minimum atomic E-state index is -0.374. The van der Waals surface area contributed by atoms with Crippen LogP contribution in [0.15, 0.2) is 24.3 Å². The summed E-state index contributed by atoms with van der Waals surface area (Å²) in [5.41, 5.74) is 0.275. The van der Waals surface area contributed by atoms with Gasteiger partial charge >= 0.3 is 11.9 Å². The van der Waals surface area contributed by atoms with Crippen LogP contribution >= 0.6 is 35.3 Å². The third-order valence-corrected chi connectivity index (χ3v) is 6.25. The smallest absolute Gasteiger partial charge is 0.334 e. The highest BCUT2D eigenvalue weighted by molar-refractivity contribution is 8.05. The summed E-state index contributed by atoms with van der Waals surface area (Å²) in [5.74, 6) is 0.504. The van der Waals surface area contributed by atoms with Crippen molar-refractivity contribution in [2.45, 2.75) is 62.9 Å². The van der Waals surface area contributed by atoms with E-state index in [1.54, 1.807) is 49.1 Å². The van der Waals surface area contributed by atoms with Crippen molar-refractivity contribution < 1.29 is 19.1 Å². The lowest BCUT2D eigenvalue weighted by atomic mass is 10.4. The highest BCUT2D eigenvalue weighted by Crippen LogP contribution is 2.27. The van der Waals surface area contributed by atoms with Crippen LogP contribution in [0.4, 0.5) is 0 Å². The fraction of sp³-hybridized carbons (Fsp3) is 0.667. The normalized spacial score (nSPS) is 13.4. The molecular weight excluding hydrogens is 376 g/mol. The van der Waals surface area contributed by atoms with Crippen LogP contribution in [0.5, 0.6) is 0 Å². The molecule has 0 aliphatic heterocycles. The molecule has 0 rings (SSSR count). The molecule has 2 unspecified atom stereocenters. The Hall–Kier alpha value is -0.530. The van der Waals surface area contributed by atoms with Crippen LogP contribution < -0.4 is 0 Å². The van der Waals surface area contributed by atoms with Crippen molar-refractivity contribution >= 4 is 47.2 Å². The summed E-state index contributed by atoms with van der Waals surface area (Å²) in [6.07, 6.45) is 0. The number of hydrogen-bond donors (Lipinski definition) is 0. The number of rotatable bonds is 12. The lowest BCUT2D eigenvalue weighted by Gasteiger charge is -2.22. The molecule has 0 aromatic rings. The van der Waals surface area contributed by atoms with Gasteiger partial charge in [-0.2, -0.15) is 11.8 Å². The topological polar surface area (TPSA) is 52.6 Å². The minimum absolute atomic E-state index is 0.254. The van der Waals surface area contributed by atoms with E-state index in [4.69, 9.17) is 9.47 Å². The summed E-state index contributed by atoms with van der Waals surface area (Å²) in [5, 5.41) is 0.677. The average Bonchev–Trinajstić information content (AvgIpc) is 2.45. The van der Waals surface area contributed by atoms with Crippen molar-refractivity contribution in [1.29, 1.82) is 0 Å². The first-order chi connectivity index (χ1) is 11.5. The van der Waals surface area contributed by atoms with Gasteiger partial charge in [-0.15, -0.1) is 23.5 Å². The molecule has 2 atom stereocenters. The number of carbonyl (C=O) groups excluding carboxylic acids is 2. The molecule has 7 heteroatoms. The molecule has 0 amide bonds. The van der Waals surface area contributed by atoms with Gasteiger partial charge in [0, 0.05) is 33.2 Å². The maximum Gasteiger partial charge on any atom is 0.334 e. The van der Waals surface area contributed by atoms with Crippen molar-refractivity contribution in [3.8, 4) is 0 Å². The zero-order chi connectivity index (χ0) is 19.6. The Morgan fingerprint density at radius 1 is 0.800 bits per heavy atom. The number of hydrogen-bond acceptors (Lipinski definition) is 7.